The molecule has 0 aliphatic heterocycles. The smallest absolute Gasteiger partial charge is 0.239 e. The Hall–Kier alpha value is -3.80. The van der Waals surface area contributed by atoms with E-state index < -0.39 is 11.9 Å². The molecule has 0 fully saturated rings. The highest BCUT2D eigenvalue weighted by Gasteiger charge is 2.17. The van der Waals surface area contributed by atoms with Crippen LogP contribution in [0.3, 0.4) is 0 Å². The second kappa shape index (κ2) is 16.5. The summed E-state index contributed by atoms with van der Waals surface area (Å²) >= 11 is 12.6. The number of rotatable bonds is 11. The van der Waals surface area contributed by atoms with E-state index in [0.717, 1.165) is 40.5 Å². The number of carbonyl (C=O) groups excluding carboxylic acids is 1. The first-order valence-corrected chi connectivity index (χ1v) is 16.5. The minimum atomic E-state index is -0.474. The molecule has 0 bridgehead atoms. The number of carbonyl (C=O) groups is 1. The predicted octanol–water partition coefficient (Wildman–Crippen LogP) is 9.89. The van der Waals surface area contributed by atoms with Gasteiger partial charge in [-0.2, -0.15) is 0 Å². The van der Waals surface area contributed by atoms with Crippen LogP contribution in [0.15, 0.2) is 96.2 Å². The number of halogens is 2. The largest absolute Gasteiger partial charge is 0.374 e. The molecule has 1 heterocycles. The number of hydrogen-bond acceptors (Lipinski definition) is 3. The normalized spacial score (nSPS) is 12.7. The maximum Gasteiger partial charge on any atom is 0.239 e. The number of aromatic nitrogens is 2. The van der Waals surface area contributed by atoms with Gasteiger partial charge in [-0.25, -0.2) is 4.98 Å². The molecular formula is C38H46Cl2N4O. The van der Waals surface area contributed by atoms with Crippen LogP contribution in [0.5, 0.6) is 0 Å². The van der Waals surface area contributed by atoms with Crippen molar-refractivity contribution in [1.82, 2.24) is 9.55 Å². The van der Waals surface area contributed by atoms with Gasteiger partial charge in [0.15, 0.2) is 0 Å². The van der Waals surface area contributed by atoms with E-state index in [0.29, 0.717) is 17.3 Å². The second-order valence-corrected chi connectivity index (χ2v) is 12.4. The Bertz CT molecular complexity index is 1590. The van der Waals surface area contributed by atoms with Crippen molar-refractivity contribution in [1.29, 1.82) is 0 Å². The van der Waals surface area contributed by atoms with Crippen LogP contribution in [0.1, 0.15) is 77.5 Å². The summed E-state index contributed by atoms with van der Waals surface area (Å²) in [6.45, 7) is 14.5. The average molecular weight is 646 g/mol. The van der Waals surface area contributed by atoms with Crippen LogP contribution in [0.2, 0.25) is 0 Å². The number of hydrogen-bond donors (Lipinski definition) is 2. The number of benzene rings is 3. The van der Waals surface area contributed by atoms with Gasteiger partial charge in [0.2, 0.25) is 5.91 Å². The van der Waals surface area contributed by atoms with Crippen molar-refractivity contribution in [2.75, 3.05) is 11.2 Å². The van der Waals surface area contributed by atoms with Crippen molar-refractivity contribution < 1.29 is 4.79 Å². The van der Waals surface area contributed by atoms with Crippen molar-refractivity contribution in [2.45, 2.75) is 72.8 Å². The van der Waals surface area contributed by atoms with E-state index in [2.05, 4.69) is 92.2 Å². The van der Waals surface area contributed by atoms with Crippen molar-refractivity contribution in [3.8, 4) is 16.8 Å². The number of amides is 1. The molecule has 0 aliphatic rings. The molecule has 4 rings (SSSR count). The van der Waals surface area contributed by atoms with E-state index in [1.807, 2.05) is 44.3 Å². The predicted molar refractivity (Wildman–Crippen MR) is 193 cm³/mol. The SMILES string of the molecule is CC.CC/C=C(\C(Cl)=C/CCl)c1cn(-c2ccc(NC(C)C(N)=O)cc2)c(Cc2ccc(-c3ccc(C(C)(C)C)cc3)cc2)n1. The number of allylic oxidation sites excluding steroid dienone is 4. The van der Waals surface area contributed by atoms with Crippen molar-refractivity contribution in [3.05, 3.63) is 119 Å². The molecule has 238 valence electrons. The summed E-state index contributed by atoms with van der Waals surface area (Å²) in [5.41, 5.74) is 13.8. The van der Waals surface area contributed by atoms with Gasteiger partial charge >= 0.3 is 0 Å². The molecule has 3 aromatic carbocycles. The van der Waals surface area contributed by atoms with Gasteiger partial charge in [0.25, 0.3) is 0 Å². The number of primary amides is 1. The Labute approximate surface area is 279 Å². The molecule has 1 amide bonds. The number of alkyl halides is 1. The van der Waals surface area contributed by atoms with Gasteiger partial charge in [-0.3, -0.25) is 4.79 Å². The lowest BCUT2D eigenvalue weighted by Crippen LogP contribution is -2.32. The molecule has 7 heteroatoms. The average Bonchev–Trinajstić information content (AvgIpc) is 3.44. The maximum absolute atomic E-state index is 11.5. The quantitative estimate of drug-likeness (QED) is 0.126. The molecule has 1 unspecified atom stereocenters. The van der Waals surface area contributed by atoms with E-state index in [4.69, 9.17) is 33.9 Å². The number of nitrogens with zero attached hydrogens (tertiary/aromatic N) is 2. The second-order valence-electron chi connectivity index (χ2n) is 11.7. The van der Waals surface area contributed by atoms with E-state index in [-0.39, 0.29) is 5.41 Å². The third-order valence-electron chi connectivity index (χ3n) is 7.33. The molecule has 4 aromatic rings. The van der Waals surface area contributed by atoms with Crippen LogP contribution < -0.4 is 11.1 Å². The Kier molecular flexibility index (Phi) is 13.1. The Morgan fingerprint density at radius 3 is 2.04 bits per heavy atom. The van der Waals surface area contributed by atoms with Gasteiger partial charge in [0.05, 0.1) is 5.69 Å². The van der Waals surface area contributed by atoms with E-state index >= 15 is 0 Å². The molecule has 0 saturated heterocycles. The molecule has 0 aliphatic carbocycles. The van der Waals surface area contributed by atoms with Gasteiger partial charge in [-0.1, -0.05) is 114 Å². The fraction of sp³-hybridized carbons (Fsp3) is 0.316. The zero-order chi connectivity index (χ0) is 33.1. The lowest BCUT2D eigenvalue weighted by atomic mass is 9.86. The summed E-state index contributed by atoms with van der Waals surface area (Å²) < 4.78 is 2.09. The monoisotopic (exact) mass is 644 g/mol. The lowest BCUT2D eigenvalue weighted by Gasteiger charge is -2.19. The molecule has 1 aromatic heterocycles. The Morgan fingerprint density at radius 1 is 0.956 bits per heavy atom. The summed E-state index contributed by atoms with van der Waals surface area (Å²) in [6.07, 6.45) is 7.30. The van der Waals surface area contributed by atoms with Crippen LogP contribution in [0.25, 0.3) is 22.4 Å². The summed E-state index contributed by atoms with van der Waals surface area (Å²) in [5, 5.41) is 3.71. The number of nitrogens with one attached hydrogen (secondary N) is 1. The summed E-state index contributed by atoms with van der Waals surface area (Å²) in [5.74, 6) is 0.785. The van der Waals surface area contributed by atoms with E-state index in [9.17, 15) is 4.79 Å². The highest BCUT2D eigenvalue weighted by Crippen LogP contribution is 2.30. The third kappa shape index (κ3) is 9.59. The van der Waals surface area contributed by atoms with Crippen LogP contribution in [-0.4, -0.2) is 27.4 Å². The van der Waals surface area contributed by atoms with E-state index in [1.54, 1.807) is 13.0 Å². The molecule has 5 nitrogen and oxygen atoms in total. The first-order chi connectivity index (χ1) is 21.5. The minimum absolute atomic E-state index is 0.123. The molecule has 0 radical (unpaired) electrons. The third-order valence-corrected chi connectivity index (χ3v) is 7.84. The first kappa shape index (κ1) is 35.7. The van der Waals surface area contributed by atoms with Gasteiger partial charge in [0.1, 0.15) is 11.9 Å². The molecule has 0 saturated carbocycles. The Balaban J connectivity index is 0.00000271. The fourth-order valence-electron chi connectivity index (χ4n) is 4.80. The molecule has 45 heavy (non-hydrogen) atoms. The molecule has 0 spiro atoms. The topological polar surface area (TPSA) is 72.9 Å². The fourth-order valence-corrected chi connectivity index (χ4v) is 5.29. The standard InChI is InChI=1S/C36H40Cl2N4O.C2H6/c1-6-7-31(32(38)20-21-37)33-23-42(30-18-16-29(17-19-30)40-24(2)35(39)43)34(41-33)22-25-8-10-26(11-9-25)27-12-14-28(15-13-27)36(3,4)5;1-2/h7-20,23-24,40H,6,21-22H2,1-5H3,(H2,39,43);1-2H3/b31-7+,32-20+;. The van der Waals surface area contributed by atoms with Crippen LogP contribution in [-0.2, 0) is 16.6 Å². The molecule has 1 atom stereocenters. The van der Waals surface area contributed by atoms with Gasteiger partial charge in [-0.05, 0) is 65.3 Å². The number of nitrogens with two attached hydrogens (primary N) is 1. The summed E-state index contributed by atoms with van der Waals surface area (Å²) in [6, 6.07) is 24.8. The van der Waals surface area contributed by atoms with Gasteiger partial charge < -0.3 is 15.6 Å². The van der Waals surface area contributed by atoms with Gasteiger partial charge in [-0.15, -0.1) is 11.6 Å². The van der Waals surface area contributed by atoms with Crippen molar-refractivity contribution in [2.24, 2.45) is 5.73 Å². The van der Waals surface area contributed by atoms with Crippen LogP contribution >= 0.6 is 23.2 Å². The van der Waals surface area contributed by atoms with Crippen LogP contribution in [0, 0.1) is 0 Å². The molecule has 3 N–H and O–H groups in total. The minimum Gasteiger partial charge on any atom is -0.374 e. The molecular weight excluding hydrogens is 599 g/mol. The maximum atomic E-state index is 11.5. The zero-order valence-electron chi connectivity index (χ0n) is 27.5. The highest BCUT2D eigenvalue weighted by molar-refractivity contribution is 6.37. The Morgan fingerprint density at radius 2 is 1.53 bits per heavy atom. The zero-order valence-corrected chi connectivity index (χ0v) is 29.0. The van der Waals surface area contributed by atoms with Gasteiger partial charge in [0, 0.05) is 40.5 Å². The summed E-state index contributed by atoms with van der Waals surface area (Å²) in [4.78, 5) is 16.6. The number of imidazole rings is 1. The van der Waals surface area contributed by atoms with Crippen molar-refractivity contribution >= 4 is 40.4 Å². The first-order valence-electron chi connectivity index (χ1n) is 15.6. The van der Waals surface area contributed by atoms with Crippen LogP contribution in [0.4, 0.5) is 5.69 Å². The lowest BCUT2D eigenvalue weighted by molar-refractivity contribution is -0.118. The van der Waals surface area contributed by atoms with E-state index in [1.165, 1.54) is 16.7 Å². The number of anilines is 1. The highest BCUT2D eigenvalue weighted by atomic mass is 35.5. The summed E-state index contributed by atoms with van der Waals surface area (Å²) in [7, 11) is 0. The van der Waals surface area contributed by atoms with Crippen molar-refractivity contribution in [3.63, 3.8) is 0 Å².